The quantitative estimate of drug-likeness (QED) is 0.782. The summed E-state index contributed by atoms with van der Waals surface area (Å²) in [4.78, 5) is 13.9. The van der Waals surface area contributed by atoms with Gasteiger partial charge in [0.2, 0.25) is 0 Å². The number of amides is 1. The summed E-state index contributed by atoms with van der Waals surface area (Å²) in [5, 5.41) is 18.6. The smallest absolute Gasteiger partial charge is 0.410 e. The first-order chi connectivity index (χ1) is 13.2. The average Bonchev–Trinajstić information content (AvgIpc) is 3.20. The van der Waals surface area contributed by atoms with Crippen molar-refractivity contribution in [1.29, 1.82) is 0 Å². The number of benzene rings is 2. The van der Waals surface area contributed by atoms with E-state index in [0.717, 1.165) is 28.7 Å². The van der Waals surface area contributed by atoms with Crippen LogP contribution in [0.15, 0.2) is 48.5 Å². The van der Waals surface area contributed by atoms with E-state index in [1.165, 1.54) is 0 Å². The number of carbonyl (C=O) groups is 1. The minimum absolute atomic E-state index is 0.0513. The van der Waals surface area contributed by atoms with Crippen LogP contribution in [-0.4, -0.2) is 40.4 Å². The van der Waals surface area contributed by atoms with Gasteiger partial charge in [-0.3, -0.25) is 0 Å². The van der Waals surface area contributed by atoms with Crippen LogP contribution in [0.5, 0.6) is 0 Å². The molecular weight excluding hydrogens is 346 g/mol. The number of aliphatic hydroxyl groups excluding tert-OH is 2. The van der Waals surface area contributed by atoms with Gasteiger partial charge < -0.3 is 24.6 Å². The van der Waals surface area contributed by atoms with E-state index in [1.54, 1.807) is 11.0 Å². The van der Waals surface area contributed by atoms with E-state index >= 15 is 0 Å². The molecule has 144 valence electrons. The zero-order valence-corrected chi connectivity index (χ0v) is 15.2. The zero-order chi connectivity index (χ0) is 19.1. The predicted molar refractivity (Wildman–Crippen MR) is 99.7 cm³/mol. The molecule has 6 heteroatoms. The molecule has 2 aromatic rings. The third kappa shape index (κ3) is 5.53. The van der Waals surface area contributed by atoms with Crippen molar-refractivity contribution in [2.24, 2.45) is 0 Å². The van der Waals surface area contributed by atoms with Crippen LogP contribution < -0.4 is 0 Å². The van der Waals surface area contributed by atoms with Gasteiger partial charge in [-0.1, -0.05) is 48.5 Å². The maximum Gasteiger partial charge on any atom is 0.410 e. The van der Waals surface area contributed by atoms with Gasteiger partial charge in [0.1, 0.15) is 6.61 Å². The number of likely N-dealkylation sites (tertiary alicyclic amines) is 1. The highest BCUT2D eigenvalue weighted by Gasteiger charge is 2.27. The number of aliphatic hydroxyl groups is 2. The molecule has 0 saturated carbocycles. The molecule has 1 amide bonds. The third-order valence-electron chi connectivity index (χ3n) is 4.57. The van der Waals surface area contributed by atoms with E-state index in [9.17, 15) is 15.0 Å². The molecule has 0 radical (unpaired) electrons. The molecule has 1 saturated heterocycles. The van der Waals surface area contributed by atoms with Crippen molar-refractivity contribution in [2.75, 3.05) is 13.1 Å². The Morgan fingerprint density at radius 1 is 0.963 bits per heavy atom. The van der Waals surface area contributed by atoms with Gasteiger partial charge in [0.15, 0.2) is 0 Å². The summed E-state index contributed by atoms with van der Waals surface area (Å²) in [5.41, 5.74) is 3.35. The highest BCUT2D eigenvalue weighted by atomic mass is 16.6. The van der Waals surface area contributed by atoms with Crippen LogP contribution in [0.25, 0.3) is 0 Å². The second-order valence-corrected chi connectivity index (χ2v) is 6.68. The van der Waals surface area contributed by atoms with Crippen LogP contribution in [0.3, 0.4) is 0 Å². The van der Waals surface area contributed by atoms with E-state index < -0.39 is 0 Å². The Bertz CT molecular complexity index is 727. The standard InChI is InChI=1S/C21H25NO5/c23-12-17-8-18(13-24)10-19(9-17)15-26-20-6-7-22(11-20)21(25)27-14-16-4-2-1-3-5-16/h1-5,8-10,20,23-24H,6-7,11-15H2. The highest BCUT2D eigenvalue weighted by molar-refractivity contribution is 5.68. The lowest BCUT2D eigenvalue weighted by molar-refractivity contribution is 0.0431. The zero-order valence-electron chi connectivity index (χ0n) is 15.2. The van der Waals surface area contributed by atoms with E-state index in [-0.39, 0.29) is 32.0 Å². The summed E-state index contributed by atoms with van der Waals surface area (Å²) in [6, 6.07) is 15.1. The van der Waals surface area contributed by atoms with Crippen molar-refractivity contribution >= 4 is 6.09 Å². The molecule has 27 heavy (non-hydrogen) atoms. The Kier molecular flexibility index (Phi) is 6.81. The topological polar surface area (TPSA) is 79.2 Å². The molecule has 0 bridgehead atoms. The van der Waals surface area contributed by atoms with Gasteiger partial charge in [-0.05, 0) is 28.7 Å². The Balaban J connectivity index is 1.46. The molecule has 1 heterocycles. The number of ether oxygens (including phenoxy) is 2. The number of carbonyl (C=O) groups excluding carboxylic acids is 1. The van der Waals surface area contributed by atoms with E-state index in [4.69, 9.17) is 9.47 Å². The summed E-state index contributed by atoms with van der Waals surface area (Å²) in [7, 11) is 0. The number of hydrogen-bond donors (Lipinski definition) is 2. The molecule has 3 rings (SSSR count). The molecule has 2 N–H and O–H groups in total. The summed E-state index contributed by atoms with van der Waals surface area (Å²) in [6.45, 7) is 1.59. The Morgan fingerprint density at radius 3 is 2.30 bits per heavy atom. The molecule has 6 nitrogen and oxygen atoms in total. The van der Waals surface area contributed by atoms with Crippen molar-refractivity contribution in [3.05, 3.63) is 70.8 Å². The number of nitrogens with zero attached hydrogens (tertiary/aromatic N) is 1. The van der Waals surface area contributed by atoms with E-state index in [0.29, 0.717) is 19.7 Å². The predicted octanol–water partition coefficient (Wildman–Crippen LogP) is 2.60. The molecule has 1 atom stereocenters. The summed E-state index contributed by atoms with van der Waals surface area (Å²) in [5.74, 6) is 0. The van der Waals surface area contributed by atoms with E-state index in [2.05, 4.69) is 0 Å². The van der Waals surface area contributed by atoms with Gasteiger partial charge in [-0.25, -0.2) is 4.79 Å². The first-order valence-electron chi connectivity index (χ1n) is 9.08. The normalized spacial score (nSPS) is 16.5. The molecular formula is C21H25NO5. The van der Waals surface area contributed by atoms with Crippen LogP contribution in [0, 0.1) is 0 Å². The van der Waals surface area contributed by atoms with Crippen molar-refractivity contribution in [2.45, 2.75) is 39.0 Å². The molecule has 1 fully saturated rings. The molecule has 1 unspecified atom stereocenters. The lowest BCUT2D eigenvalue weighted by Crippen LogP contribution is -2.30. The minimum Gasteiger partial charge on any atom is -0.445 e. The van der Waals surface area contributed by atoms with Gasteiger partial charge in [-0.2, -0.15) is 0 Å². The first kappa shape index (κ1) is 19.4. The second-order valence-electron chi connectivity index (χ2n) is 6.68. The molecule has 1 aliphatic heterocycles. The maximum absolute atomic E-state index is 12.2. The summed E-state index contributed by atoms with van der Waals surface area (Å²) < 4.78 is 11.3. The fourth-order valence-electron chi connectivity index (χ4n) is 3.16. The first-order valence-corrected chi connectivity index (χ1v) is 9.08. The minimum atomic E-state index is -0.324. The van der Waals surface area contributed by atoms with Crippen molar-refractivity contribution in [3.8, 4) is 0 Å². The van der Waals surface area contributed by atoms with Crippen LogP contribution in [0.2, 0.25) is 0 Å². The monoisotopic (exact) mass is 371 g/mol. The molecule has 0 spiro atoms. The molecule has 1 aliphatic rings. The lowest BCUT2D eigenvalue weighted by Gasteiger charge is -2.17. The lowest BCUT2D eigenvalue weighted by atomic mass is 10.1. The van der Waals surface area contributed by atoms with Crippen LogP contribution >= 0.6 is 0 Å². The third-order valence-corrected chi connectivity index (χ3v) is 4.57. The molecule has 0 aromatic heterocycles. The highest BCUT2D eigenvalue weighted by Crippen LogP contribution is 2.18. The fourth-order valence-corrected chi connectivity index (χ4v) is 3.16. The van der Waals surface area contributed by atoms with Crippen LogP contribution in [0.4, 0.5) is 4.79 Å². The van der Waals surface area contributed by atoms with Crippen molar-refractivity contribution < 1.29 is 24.5 Å². The fraction of sp³-hybridized carbons (Fsp3) is 0.381. The summed E-state index contributed by atoms with van der Waals surface area (Å²) in [6.07, 6.45) is 0.381. The van der Waals surface area contributed by atoms with Gasteiger partial charge >= 0.3 is 6.09 Å². The Morgan fingerprint density at radius 2 is 1.63 bits per heavy atom. The van der Waals surface area contributed by atoms with Gasteiger partial charge in [0, 0.05) is 6.54 Å². The SMILES string of the molecule is O=C(OCc1ccccc1)N1CCC(OCc2cc(CO)cc(CO)c2)C1. The van der Waals surface area contributed by atoms with Crippen LogP contribution in [0.1, 0.15) is 28.7 Å². The largest absolute Gasteiger partial charge is 0.445 e. The molecule has 2 aromatic carbocycles. The van der Waals surface area contributed by atoms with Crippen molar-refractivity contribution in [3.63, 3.8) is 0 Å². The number of rotatable bonds is 7. The maximum atomic E-state index is 12.2. The Hall–Kier alpha value is -2.41. The van der Waals surface area contributed by atoms with Gasteiger partial charge in [-0.15, -0.1) is 0 Å². The average molecular weight is 371 g/mol. The summed E-state index contributed by atoms with van der Waals surface area (Å²) >= 11 is 0. The molecule has 0 aliphatic carbocycles. The van der Waals surface area contributed by atoms with Crippen LogP contribution in [-0.2, 0) is 35.9 Å². The van der Waals surface area contributed by atoms with Gasteiger partial charge in [0.05, 0.1) is 32.5 Å². The van der Waals surface area contributed by atoms with E-state index in [1.807, 2.05) is 42.5 Å². The number of hydrogen-bond acceptors (Lipinski definition) is 5. The Labute approximate surface area is 159 Å². The van der Waals surface area contributed by atoms with Crippen molar-refractivity contribution in [1.82, 2.24) is 4.90 Å². The van der Waals surface area contributed by atoms with Gasteiger partial charge in [0.25, 0.3) is 0 Å². The second kappa shape index (κ2) is 9.50.